The SMILES string of the molecule is Cn1nnc(-c2ccc(-c3ccc(N4C[C@H](COP(=O)([O-])O)OC4=O)cc3F)cn2)n1. The molecule has 2 aromatic heterocycles. The van der Waals surface area contributed by atoms with Crippen LogP contribution in [0.15, 0.2) is 36.5 Å². The number of benzene rings is 1. The Bertz CT molecular complexity index is 1170. The Hall–Kier alpha value is -3.25. The van der Waals surface area contributed by atoms with E-state index in [2.05, 4.69) is 24.9 Å². The maximum atomic E-state index is 14.8. The molecule has 3 aromatic rings. The molecular formula is C17H15FN6O6P-. The fraction of sp³-hybridized carbons (Fsp3) is 0.235. The highest BCUT2D eigenvalue weighted by molar-refractivity contribution is 7.44. The quantitative estimate of drug-likeness (QED) is 0.536. The number of cyclic esters (lactones) is 1. The minimum Gasteiger partial charge on any atom is -0.756 e. The summed E-state index contributed by atoms with van der Waals surface area (Å²) in [6.07, 6.45) is -0.254. The molecule has 31 heavy (non-hydrogen) atoms. The Morgan fingerprint density at radius 2 is 2.19 bits per heavy atom. The summed E-state index contributed by atoms with van der Waals surface area (Å²) in [5.74, 6) is -0.262. The van der Waals surface area contributed by atoms with Crippen LogP contribution < -0.4 is 9.79 Å². The van der Waals surface area contributed by atoms with Gasteiger partial charge < -0.3 is 19.0 Å². The largest absolute Gasteiger partial charge is 0.756 e. The van der Waals surface area contributed by atoms with Crippen molar-refractivity contribution in [2.24, 2.45) is 7.05 Å². The van der Waals surface area contributed by atoms with Crippen LogP contribution in [0.5, 0.6) is 0 Å². The van der Waals surface area contributed by atoms with E-state index in [1.165, 1.54) is 23.1 Å². The summed E-state index contributed by atoms with van der Waals surface area (Å²) in [4.78, 5) is 38.0. The molecule has 12 nitrogen and oxygen atoms in total. The average molecular weight is 449 g/mol. The minimum atomic E-state index is -4.94. The van der Waals surface area contributed by atoms with Crippen LogP contribution >= 0.6 is 7.82 Å². The highest BCUT2D eigenvalue weighted by atomic mass is 31.2. The predicted molar refractivity (Wildman–Crippen MR) is 101 cm³/mol. The molecular weight excluding hydrogens is 434 g/mol. The zero-order valence-electron chi connectivity index (χ0n) is 16.0. The van der Waals surface area contributed by atoms with Crippen LogP contribution in [-0.2, 0) is 20.9 Å². The van der Waals surface area contributed by atoms with E-state index in [0.29, 0.717) is 17.1 Å². The van der Waals surface area contributed by atoms with Gasteiger partial charge in [0.15, 0.2) is 0 Å². The molecule has 1 aliphatic rings. The molecule has 1 N–H and O–H groups in total. The second kappa shape index (κ2) is 8.12. The molecule has 0 aliphatic carbocycles. The first-order chi connectivity index (χ1) is 14.7. The number of pyridine rings is 1. The van der Waals surface area contributed by atoms with Gasteiger partial charge in [0.1, 0.15) is 17.6 Å². The summed E-state index contributed by atoms with van der Waals surface area (Å²) >= 11 is 0. The summed E-state index contributed by atoms with van der Waals surface area (Å²) in [5, 5.41) is 11.6. The zero-order chi connectivity index (χ0) is 22.2. The smallest absolute Gasteiger partial charge is 0.414 e. The van der Waals surface area contributed by atoms with Crippen molar-refractivity contribution in [1.29, 1.82) is 0 Å². The molecule has 1 saturated heterocycles. The fourth-order valence-corrected chi connectivity index (χ4v) is 3.33. The van der Waals surface area contributed by atoms with Crippen molar-refractivity contribution in [2.75, 3.05) is 18.1 Å². The van der Waals surface area contributed by atoms with Crippen molar-refractivity contribution >= 4 is 19.6 Å². The number of aromatic nitrogens is 5. The lowest BCUT2D eigenvalue weighted by atomic mass is 10.1. The Balaban J connectivity index is 1.49. The van der Waals surface area contributed by atoms with Gasteiger partial charge in [0, 0.05) is 17.3 Å². The monoisotopic (exact) mass is 449 g/mol. The lowest BCUT2D eigenvalue weighted by Gasteiger charge is -2.17. The Labute approximate surface area is 174 Å². The van der Waals surface area contributed by atoms with Crippen LogP contribution in [0.25, 0.3) is 22.6 Å². The molecule has 0 spiro atoms. The second-order valence-electron chi connectivity index (χ2n) is 6.58. The van der Waals surface area contributed by atoms with Crippen molar-refractivity contribution in [2.45, 2.75) is 6.10 Å². The number of carbonyl (C=O) groups is 1. The second-order valence-corrected chi connectivity index (χ2v) is 7.77. The van der Waals surface area contributed by atoms with Gasteiger partial charge in [0.05, 0.1) is 25.9 Å². The van der Waals surface area contributed by atoms with Crippen LogP contribution in [0.2, 0.25) is 0 Å². The summed E-state index contributed by atoms with van der Waals surface area (Å²) in [6.45, 7) is -0.613. The van der Waals surface area contributed by atoms with Crippen LogP contribution in [0.4, 0.5) is 14.9 Å². The summed E-state index contributed by atoms with van der Waals surface area (Å²) in [6, 6.07) is 7.45. The lowest BCUT2D eigenvalue weighted by molar-refractivity contribution is -0.221. The first-order valence-corrected chi connectivity index (χ1v) is 10.4. The zero-order valence-corrected chi connectivity index (χ0v) is 16.8. The van der Waals surface area contributed by atoms with Crippen molar-refractivity contribution in [3.05, 3.63) is 42.3 Å². The van der Waals surface area contributed by atoms with Gasteiger partial charge >= 0.3 is 6.09 Å². The van der Waals surface area contributed by atoms with E-state index in [-0.39, 0.29) is 17.8 Å². The van der Waals surface area contributed by atoms with Crippen LogP contribution in [0, 0.1) is 5.82 Å². The van der Waals surface area contributed by atoms with Gasteiger partial charge in [-0.2, -0.15) is 4.80 Å². The summed E-state index contributed by atoms with van der Waals surface area (Å²) in [5.41, 5.74) is 1.46. The topological polar surface area (TPSA) is 156 Å². The molecule has 4 rings (SSSR count). The van der Waals surface area contributed by atoms with Crippen molar-refractivity contribution in [1.82, 2.24) is 25.2 Å². The molecule has 1 amide bonds. The molecule has 0 bridgehead atoms. The highest BCUT2D eigenvalue weighted by Crippen LogP contribution is 2.33. The molecule has 1 aliphatic heterocycles. The van der Waals surface area contributed by atoms with Gasteiger partial charge in [-0.1, -0.05) is 6.07 Å². The van der Waals surface area contributed by atoms with Crippen LogP contribution in [-0.4, -0.2) is 55.4 Å². The molecule has 0 saturated carbocycles. The number of hydrogen-bond donors (Lipinski definition) is 1. The third kappa shape index (κ3) is 4.75. The van der Waals surface area contributed by atoms with Crippen LogP contribution in [0.1, 0.15) is 0 Å². The van der Waals surface area contributed by atoms with Crippen molar-refractivity contribution in [3.8, 4) is 22.6 Å². The van der Waals surface area contributed by atoms with Gasteiger partial charge in [-0.15, -0.1) is 10.2 Å². The average Bonchev–Trinajstić information content (AvgIpc) is 3.31. The molecule has 0 radical (unpaired) electrons. The number of hydrogen-bond acceptors (Lipinski definition) is 9. The van der Waals surface area contributed by atoms with Crippen LogP contribution in [0.3, 0.4) is 0 Å². The van der Waals surface area contributed by atoms with Gasteiger partial charge in [-0.3, -0.25) is 14.4 Å². The maximum absolute atomic E-state index is 14.8. The Morgan fingerprint density at radius 3 is 2.81 bits per heavy atom. The summed E-state index contributed by atoms with van der Waals surface area (Å²) in [7, 11) is -3.31. The standard InChI is InChI=1S/C17H16FN6O6P/c1-23-21-16(20-22-23)15-5-2-10(7-19-15)13-4-3-11(6-14(13)18)24-8-12(30-17(24)25)9-29-31(26,27)28/h2-7,12H,8-9H2,1H3,(H2,26,27,28)/p-1/t12-/m1/s1. The third-order valence-corrected chi connectivity index (χ3v) is 4.85. The molecule has 1 fully saturated rings. The number of ether oxygens (including phenoxy) is 1. The lowest BCUT2D eigenvalue weighted by Crippen LogP contribution is -2.26. The molecule has 14 heteroatoms. The molecule has 3 heterocycles. The summed E-state index contributed by atoms with van der Waals surface area (Å²) < 4.78 is 34.7. The fourth-order valence-electron chi connectivity index (χ4n) is 2.97. The maximum Gasteiger partial charge on any atom is 0.414 e. The first kappa shape index (κ1) is 21.0. The number of amides is 1. The van der Waals surface area contributed by atoms with E-state index in [9.17, 15) is 18.6 Å². The Morgan fingerprint density at radius 1 is 1.39 bits per heavy atom. The van der Waals surface area contributed by atoms with E-state index in [0.717, 1.165) is 11.0 Å². The molecule has 162 valence electrons. The Kier molecular flexibility index (Phi) is 5.50. The number of phosphoric acid groups is 1. The molecule has 1 aromatic carbocycles. The number of aryl methyl sites for hydroxylation is 1. The van der Waals surface area contributed by atoms with E-state index < -0.39 is 32.4 Å². The number of tetrazole rings is 1. The van der Waals surface area contributed by atoms with Gasteiger partial charge in [0.25, 0.3) is 7.82 Å². The van der Waals surface area contributed by atoms with Gasteiger partial charge in [-0.05, 0) is 29.5 Å². The molecule has 1 unspecified atom stereocenters. The number of anilines is 1. The number of rotatable bonds is 6. The van der Waals surface area contributed by atoms with E-state index in [4.69, 9.17) is 9.63 Å². The minimum absolute atomic E-state index is 0.0705. The number of nitrogens with zero attached hydrogens (tertiary/aromatic N) is 6. The third-order valence-electron chi connectivity index (χ3n) is 4.37. The number of carbonyl (C=O) groups excluding carboxylic acids is 1. The highest BCUT2D eigenvalue weighted by Gasteiger charge is 2.33. The van der Waals surface area contributed by atoms with Crippen molar-refractivity contribution < 1.29 is 32.8 Å². The number of phosphoric ester groups is 1. The normalized spacial score (nSPS) is 18.1. The van der Waals surface area contributed by atoms with Crippen molar-refractivity contribution in [3.63, 3.8) is 0 Å². The van der Waals surface area contributed by atoms with E-state index >= 15 is 0 Å². The predicted octanol–water partition coefficient (Wildman–Crippen LogP) is 0.881. The number of halogens is 1. The van der Waals surface area contributed by atoms with E-state index in [1.807, 2.05) is 0 Å². The van der Waals surface area contributed by atoms with Gasteiger partial charge in [0.2, 0.25) is 5.82 Å². The van der Waals surface area contributed by atoms with E-state index in [1.54, 1.807) is 19.2 Å². The molecule has 2 atom stereocenters. The first-order valence-electron chi connectivity index (χ1n) is 8.86. The van der Waals surface area contributed by atoms with Gasteiger partial charge in [-0.25, -0.2) is 9.18 Å².